The maximum absolute atomic E-state index is 2.35. The molecule has 0 saturated heterocycles. The van der Waals surface area contributed by atoms with Gasteiger partial charge in [-0.15, -0.1) is 0 Å². The Balaban J connectivity index is 0. The third-order valence-electron chi connectivity index (χ3n) is 4.44. The zero-order chi connectivity index (χ0) is 18.3. The Morgan fingerprint density at radius 3 is 1.22 bits per heavy atom. The number of rotatable bonds is 5. The van der Waals surface area contributed by atoms with Crippen molar-refractivity contribution in [3.63, 3.8) is 0 Å². The van der Waals surface area contributed by atoms with Crippen molar-refractivity contribution in [2.24, 2.45) is 0 Å². The predicted octanol–water partition coefficient (Wildman–Crippen LogP) is -5.67. The maximum Gasteiger partial charge on any atom is 4.00 e. The zero-order valence-corrected chi connectivity index (χ0v) is 24.6. The second-order valence-electron chi connectivity index (χ2n) is 6.31. The standard InChI is InChI=1S/C26H21P.4ClH.Hf/c1-5-13-22(14-6-1)21-26(23-15-7-2-8-16-23)27(24-17-9-3-10-18-24)25-19-11-4-12-20-25;;;;;/h1-21H;4*1H;/q;;;;;+4/p-4. The Morgan fingerprint density at radius 2 is 0.812 bits per heavy atom. The Labute approximate surface area is 236 Å². The van der Waals surface area contributed by atoms with Crippen LogP contribution < -0.4 is 60.2 Å². The van der Waals surface area contributed by atoms with Crippen LogP contribution in [0, 0.1) is 0 Å². The summed E-state index contributed by atoms with van der Waals surface area (Å²) in [6, 6.07) is 43.1. The van der Waals surface area contributed by atoms with Crippen LogP contribution in [0.2, 0.25) is 0 Å². The van der Waals surface area contributed by atoms with Gasteiger partial charge in [0.1, 0.15) is 0 Å². The topological polar surface area (TPSA) is 0 Å². The summed E-state index contributed by atoms with van der Waals surface area (Å²) in [4.78, 5) is 0. The Hall–Kier alpha value is -0.920. The van der Waals surface area contributed by atoms with Crippen molar-refractivity contribution in [2.45, 2.75) is 0 Å². The van der Waals surface area contributed by atoms with Crippen molar-refractivity contribution >= 4 is 29.9 Å². The second kappa shape index (κ2) is 17.5. The van der Waals surface area contributed by atoms with Gasteiger partial charge in [-0.2, -0.15) is 0 Å². The van der Waals surface area contributed by atoms with Gasteiger partial charge in [-0.25, -0.2) is 0 Å². The van der Waals surface area contributed by atoms with Crippen LogP contribution in [0.4, 0.5) is 0 Å². The van der Waals surface area contributed by atoms with Crippen LogP contribution in [0.25, 0.3) is 11.4 Å². The molecule has 0 aliphatic heterocycles. The largest absolute Gasteiger partial charge is 4.00 e. The molecular weight excluding hydrogens is 664 g/mol. The van der Waals surface area contributed by atoms with E-state index in [0.717, 1.165) is 0 Å². The first kappa shape index (κ1) is 33.3. The van der Waals surface area contributed by atoms with Gasteiger partial charge in [0.05, 0.1) is 0 Å². The van der Waals surface area contributed by atoms with Gasteiger partial charge in [-0.3, -0.25) is 0 Å². The predicted molar refractivity (Wildman–Crippen MR) is 120 cm³/mol. The molecule has 162 valence electrons. The van der Waals surface area contributed by atoms with Crippen LogP contribution in [0.5, 0.6) is 0 Å². The van der Waals surface area contributed by atoms with E-state index in [9.17, 15) is 0 Å². The average Bonchev–Trinajstić information content (AvgIpc) is 2.76. The third kappa shape index (κ3) is 8.79. The SMILES string of the molecule is C(=C(c1ccccc1)P(c1ccccc1)c1ccccc1)c1ccccc1.[Cl-].[Cl-].[Cl-].[Cl-].[Hf+4]. The molecular formula is C26H21Cl4HfP. The number of benzene rings is 4. The average molecular weight is 685 g/mol. The van der Waals surface area contributed by atoms with Crippen LogP contribution in [-0.4, -0.2) is 0 Å². The quantitative estimate of drug-likeness (QED) is 0.112. The molecule has 0 heterocycles. The van der Waals surface area contributed by atoms with Gasteiger partial charge in [0.25, 0.3) is 0 Å². The van der Waals surface area contributed by atoms with Crippen LogP contribution in [-0.2, 0) is 25.8 Å². The van der Waals surface area contributed by atoms with E-state index in [1.165, 1.54) is 27.1 Å². The summed E-state index contributed by atoms with van der Waals surface area (Å²) in [5.74, 6) is 0. The summed E-state index contributed by atoms with van der Waals surface area (Å²) >= 11 is 0. The van der Waals surface area contributed by atoms with E-state index >= 15 is 0 Å². The van der Waals surface area contributed by atoms with Gasteiger partial charge in [-0.1, -0.05) is 121 Å². The zero-order valence-electron chi connectivity index (χ0n) is 17.1. The fourth-order valence-corrected chi connectivity index (χ4v) is 5.65. The minimum absolute atomic E-state index is 0. The molecule has 32 heavy (non-hydrogen) atoms. The normalized spacial score (nSPS) is 9.72. The molecule has 0 spiro atoms. The summed E-state index contributed by atoms with van der Waals surface area (Å²) < 4.78 is 0. The van der Waals surface area contributed by atoms with E-state index in [0.29, 0.717) is 0 Å². The van der Waals surface area contributed by atoms with Gasteiger partial charge >= 0.3 is 25.8 Å². The van der Waals surface area contributed by atoms with Gasteiger partial charge in [0, 0.05) is 0 Å². The fourth-order valence-electron chi connectivity index (χ4n) is 3.17. The second-order valence-corrected chi connectivity index (χ2v) is 8.50. The van der Waals surface area contributed by atoms with Gasteiger partial charge < -0.3 is 49.6 Å². The number of halogens is 4. The summed E-state index contributed by atoms with van der Waals surface area (Å²) in [5, 5.41) is 4.10. The van der Waals surface area contributed by atoms with Crippen molar-refractivity contribution in [1.82, 2.24) is 0 Å². The number of hydrogen-bond acceptors (Lipinski definition) is 0. The molecule has 0 atom stereocenters. The first-order valence-corrected chi connectivity index (χ1v) is 10.5. The monoisotopic (exact) mass is 684 g/mol. The van der Waals surface area contributed by atoms with Crippen molar-refractivity contribution in [1.29, 1.82) is 0 Å². The molecule has 0 saturated carbocycles. The molecule has 0 aliphatic carbocycles. The summed E-state index contributed by atoms with van der Waals surface area (Å²) in [6.45, 7) is 0. The van der Waals surface area contributed by atoms with E-state index < -0.39 is 7.92 Å². The maximum atomic E-state index is 2.35. The molecule has 0 bridgehead atoms. The molecule has 4 aromatic rings. The smallest absolute Gasteiger partial charge is 1.00 e. The Morgan fingerprint density at radius 1 is 0.469 bits per heavy atom. The van der Waals surface area contributed by atoms with Gasteiger partial charge in [0.2, 0.25) is 0 Å². The Kier molecular flexibility index (Phi) is 18.2. The van der Waals surface area contributed by atoms with Gasteiger partial charge in [-0.05, 0) is 41.0 Å². The minimum Gasteiger partial charge on any atom is -1.00 e. The number of hydrogen-bond donors (Lipinski definition) is 0. The molecule has 0 radical (unpaired) electrons. The van der Waals surface area contributed by atoms with E-state index in [1.54, 1.807) is 0 Å². The van der Waals surface area contributed by atoms with Crippen LogP contribution in [0.3, 0.4) is 0 Å². The molecule has 4 rings (SSSR count). The molecule has 0 aromatic heterocycles. The Bertz CT molecular complexity index is 975. The summed E-state index contributed by atoms with van der Waals surface area (Å²) in [7, 11) is -0.653. The van der Waals surface area contributed by atoms with Crippen LogP contribution >= 0.6 is 7.92 Å². The molecule has 0 N–H and O–H groups in total. The fraction of sp³-hybridized carbons (Fsp3) is 0. The minimum atomic E-state index is -0.653. The van der Waals surface area contributed by atoms with E-state index in [4.69, 9.17) is 0 Å². The van der Waals surface area contributed by atoms with Crippen LogP contribution in [0.15, 0.2) is 121 Å². The van der Waals surface area contributed by atoms with Crippen molar-refractivity contribution in [3.05, 3.63) is 132 Å². The van der Waals surface area contributed by atoms with E-state index in [-0.39, 0.29) is 75.5 Å². The molecule has 0 unspecified atom stereocenters. The molecule has 0 aliphatic rings. The molecule has 6 heteroatoms. The summed E-state index contributed by atoms with van der Waals surface area (Å²) in [6.07, 6.45) is 2.35. The van der Waals surface area contributed by atoms with Crippen molar-refractivity contribution in [3.8, 4) is 0 Å². The van der Waals surface area contributed by atoms with Crippen molar-refractivity contribution < 1.29 is 75.5 Å². The van der Waals surface area contributed by atoms with E-state index in [2.05, 4.69) is 127 Å². The van der Waals surface area contributed by atoms with E-state index in [1.807, 2.05) is 0 Å². The first-order chi connectivity index (χ1) is 13.4. The molecule has 0 nitrogen and oxygen atoms in total. The summed E-state index contributed by atoms with van der Waals surface area (Å²) in [5.41, 5.74) is 2.51. The first-order valence-electron chi connectivity index (χ1n) is 9.14. The molecule has 4 aromatic carbocycles. The van der Waals surface area contributed by atoms with Crippen LogP contribution in [0.1, 0.15) is 11.1 Å². The van der Waals surface area contributed by atoms with Crippen molar-refractivity contribution in [2.75, 3.05) is 0 Å². The molecule has 0 amide bonds. The third-order valence-corrected chi connectivity index (χ3v) is 6.94. The van der Waals surface area contributed by atoms with Gasteiger partial charge in [0.15, 0.2) is 0 Å². The molecule has 0 fully saturated rings.